The number of hydrogen-bond acceptors (Lipinski definition) is 1. The smallest absolute Gasteiger partial charge is 0.0542 e. The lowest BCUT2D eigenvalue weighted by Gasteiger charge is -2.28. The molecule has 2 N–H and O–H groups in total. The normalized spacial score (nSPS) is 15.6. The number of aryl methyl sites for hydroxylation is 4. The van der Waals surface area contributed by atoms with Gasteiger partial charge in [-0.15, -0.1) is 0 Å². The van der Waals surface area contributed by atoms with E-state index in [4.69, 9.17) is 0 Å². The molecule has 1 saturated carbocycles. The number of anilines is 1. The summed E-state index contributed by atoms with van der Waals surface area (Å²) in [4.78, 5) is 3.59. The number of H-pyrrole nitrogens is 1. The molecule has 1 fully saturated rings. The van der Waals surface area contributed by atoms with Crippen molar-refractivity contribution < 1.29 is 0 Å². The molecule has 0 saturated heterocycles. The Balaban J connectivity index is 1.73. The van der Waals surface area contributed by atoms with Gasteiger partial charge in [-0.3, -0.25) is 0 Å². The zero-order valence-corrected chi connectivity index (χ0v) is 19.1. The van der Waals surface area contributed by atoms with Crippen LogP contribution in [0.5, 0.6) is 0 Å². The van der Waals surface area contributed by atoms with Crippen LogP contribution >= 0.6 is 0 Å². The molecule has 0 bridgehead atoms. The van der Waals surface area contributed by atoms with Crippen LogP contribution in [0.1, 0.15) is 66.8 Å². The highest BCUT2D eigenvalue weighted by molar-refractivity contribution is 5.95. The first-order valence-corrected chi connectivity index (χ1v) is 11.6. The van der Waals surface area contributed by atoms with Crippen molar-refractivity contribution in [3.63, 3.8) is 0 Å². The average Bonchev–Trinajstić information content (AvgIpc) is 3.35. The van der Waals surface area contributed by atoms with Gasteiger partial charge in [-0.05, 0) is 86.4 Å². The fourth-order valence-corrected chi connectivity index (χ4v) is 5.38. The molecule has 3 aromatic rings. The highest BCUT2D eigenvalue weighted by atomic mass is 14.9. The third-order valence-corrected chi connectivity index (χ3v) is 6.67. The number of aromatic nitrogens is 1. The minimum atomic E-state index is 0.267. The van der Waals surface area contributed by atoms with Crippen molar-refractivity contribution in [3.8, 4) is 0 Å². The standard InChI is InChI=1S/C28H36N2/c1-6-9-23-13-20(4)16-25-26(17-29-28(23)25)21(5)27(22-10-7-8-11-22)30-24-14-18(2)12-19(3)15-24/h12-17,22,27,29-30H,5-11H2,1-4H3. The van der Waals surface area contributed by atoms with Crippen LogP contribution < -0.4 is 5.32 Å². The Hall–Kier alpha value is -2.48. The Morgan fingerprint density at radius 1 is 1.03 bits per heavy atom. The van der Waals surface area contributed by atoms with E-state index in [0.29, 0.717) is 5.92 Å². The van der Waals surface area contributed by atoms with Crippen LogP contribution in [0, 0.1) is 26.7 Å². The molecule has 1 unspecified atom stereocenters. The van der Waals surface area contributed by atoms with Gasteiger partial charge in [0.1, 0.15) is 0 Å². The van der Waals surface area contributed by atoms with Gasteiger partial charge in [-0.1, -0.05) is 50.5 Å². The van der Waals surface area contributed by atoms with E-state index in [0.717, 1.165) is 12.8 Å². The highest BCUT2D eigenvalue weighted by Gasteiger charge is 2.29. The first-order chi connectivity index (χ1) is 14.5. The fraction of sp³-hybridized carbons (Fsp3) is 0.429. The molecule has 2 nitrogen and oxygen atoms in total. The number of nitrogens with one attached hydrogen (secondary N) is 2. The van der Waals surface area contributed by atoms with Gasteiger partial charge in [0.05, 0.1) is 6.04 Å². The lowest BCUT2D eigenvalue weighted by atomic mass is 9.87. The average molecular weight is 401 g/mol. The number of fused-ring (bicyclic) bond motifs is 1. The maximum Gasteiger partial charge on any atom is 0.0542 e. The van der Waals surface area contributed by atoms with Crippen LogP contribution in [-0.2, 0) is 6.42 Å². The maximum absolute atomic E-state index is 4.66. The summed E-state index contributed by atoms with van der Waals surface area (Å²) in [5, 5.41) is 5.22. The van der Waals surface area contributed by atoms with Gasteiger partial charge in [0, 0.05) is 28.4 Å². The van der Waals surface area contributed by atoms with E-state index >= 15 is 0 Å². The second-order valence-electron chi connectivity index (χ2n) is 9.37. The topological polar surface area (TPSA) is 27.8 Å². The Bertz CT molecular complexity index is 1030. The van der Waals surface area contributed by atoms with Crippen molar-refractivity contribution in [2.75, 3.05) is 5.32 Å². The lowest BCUT2D eigenvalue weighted by Crippen LogP contribution is -2.28. The SMILES string of the molecule is C=C(c1c[nH]c2c(CCC)cc(C)cc12)C(Nc1cc(C)cc(C)c1)C1CCCC1. The number of benzene rings is 2. The molecule has 1 atom stereocenters. The molecular formula is C28H36N2. The van der Waals surface area contributed by atoms with Crippen LogP contribution in [-0.4, -0.2) is 11.0 Å². The van der Waals surface area contributed by atoms with E-state index in [-0.39, 0.29) is 6.04 Å². The Kier molecular flexibility index (Phi) is 6.04. The molecule has 2 aromatic carbocycles. The summed E-state index contributed by atoms with van der Waals surface area (Å²) in [5.74, 6) is 0.642. The molecule has 158 valence electrons. The molecular weight excluding hydrogens is 364 g/mol. The van der Waals surface area contributed by atoms with Crippen molar-refractivity contribution in [1.29, 1.82) is 0 Å². The van der Waals surface area contributed by atoms with E-state index < -0.39 is 0 Å². The zero-order chi connectivity index (χ0) is 21.3. The Morgan fingerprint density at radius 2 is 1.70 bits per heavy atom. The molecule has 0 radical (unpaired) electrons. The molecule has 1 aliphatic carbocycles. The van der Waals surface area contributed by atoms with Crippen molar-refractivity contribution >= 4 is 22.2 Å². The first-order valence-electron chi connectivity index (χ1n) is 11.6. The molecule has 0 aliphatic heterocycles. The Morgan fingerprint density at radius 3 is 2.37 bits per heavy atom. The monoisotopic (exact) mass is 400 g/mol. The second-order valence-corrected chi connectivity index (χ2v) is 9.37. The van der Waals surface area contributed by atoms with Gasteiger partial charge in [0.2, 0.25) is 0 Å². The molecule has 0 amide bonds. The van der Waals surface area contributed by atoms with Crippen LogP contribution in [0.3, 0.4) is 0 Å². The van der Waals surface area contributed by atoms with Crippen LogP contribution in [0.4, 0.5) is 5.69 Å². The largest absolute Gasteiger partial charge is 0.378 e. The van der Waals surface area contributed by atoms with Gasteiger partial charge in [-0.2, -0.15) is 0 Å². The summed E-state index contributed by atoms with van der Waals surface area (Å²) in [5.41, 5.74) is 10.4. The summed E-state index contributed by atoms with van der Waals surface area (Å²) < 4.78 is 0. The third-order valence-electron chi connectivity index (χ3n) is 6.67. The molecule has 1 heterocycles. The number of hydrogen-bond donors (Lipinski definition) is 2. The molecule has 2 heteroatoms. The van der Waals surface area contributed by atoms with E-state index in [1.165, 1.54) is 75.7 Å². The van der Waals surface area contributed by atoms with Crippen molar-refractivity contribution in [3.05, 3.63) is 70.9 Å². The van der Waals surface area contributed by atoms with Crippen molar-refractivity contribution in [2.45, 2.75) is 72.3 Å². The third kappa shape index (κ3) is 4.19. The molecule has 1 aromatic heterocycles. The molecule has 1 aliphatic rings. The number of rotatable bonds is 7. The minimum absolute atomic E-state index is 0.267. The molecule has 30 heavy (non-hydrogen) atoms. The van der Waals surface area contributed by atoms with Crippen LogP contribution in [0.2, 0.25) is 0 Å². The second kappa shape index (κ2) is 8.71. The predicted octanol–water partition coefficient (Wildman–Crippen LogP) is 7.73. The van der Waals surface area contributed by atoms with Gasteiger partial charge in [-0.25, -0.2) is 0 Å². The predicted molar refractivity (Wildman–Crippen MR) is 131 cm³/mol. The zero-order valence-electron chi connectivity index (χ0n) is 19.1. The fourth-order valence-electron chi connectivity index (χ4n) is 5.38. The van der Waals surface area contributed by atoms with Gasteiger partial charge in [0.15, 0.2) is 0 Å². The minimum Gasteiger partial charge on any atom is -0.378 e. The summed E-state index contributed by atoms with van der Waals surface area (Å²) in [6, 6.07) is 11.7. The van der Waals surface area contributed by atoms with Gasteiger partial charge in [0.25, 0.3) is 0 Å². The molecule has 0 spiro atoms. The van der Waals surface area contributed by atoms with E-state index in [1.807, 2.05) is 0 Å². The first kappa shape index (κ1) is 20.8. The number of aromatic amines is 1. The lowest BCUT2D eigenvalue weighted by molar-refractivity contribution is 0.522. The van der Waals surface area contributed by atoms with Crippen LogP contribution in [0.15, 0.2) is 43.1 Å². The summed E-state index contributed by atoms with van der Waals surface area (Å²) in [6.07, 6.45) is 9.68. The highest BCUT2D eigenvalue weighted by Crippen LogP contribution is 2.38. The molecule has 4 rings (SSSR count). The van der Waals surface area contributed by atoms with Crippen LogP contribution in [0.25, 0.3) is 16.5 Å². The van der Waals surface area contributed by atoms with Crippen molar-refractivity contribution in [1.82, 2.24) is 4.98 Å². The quantitative estimate of drug-likeness (QED) is 0.417. The van der Waals surface area contributed by atoms with Crippen molar-refractivity contribution in [2.24, 2.45) is 5.92 Å². The van der Waals surface area contributed by atoms with E-state index in [1.54, 1.807) is 0 Å². The Labute approximate surface area is 181 Å². The summed E-state index contributed by atoms with van der Waals surface area (Å²) >= 11 is 0. The van der Waals surface area contributed by atoms with E-state index in [9.17, 15) is 0 Å². The van der Waals surface area contributed by atoms with Gasteiger partial charge >= 0.3 is 0 Å². The maximum atomic E-state index is 4.66. The summed E-state index contributed by atoms with van der Waals surface area (Å²) in [6.45, 7) is 13.5. The summed E-state index contributed by atoms with van der Waals surface area (Å²) in [7, 11) is 0. The van der Waals surface area contributed by atoms with E-state index in [2.05, 4.69) is 81.1 Å². The van der Waals surface area contributed by atoms with Gasteiger partial charge < -0.3 is 10.3 Å².